The Morgan fingerprint density at radius 3 is 2.73 bits per heavy atom. The summed E-state index contributed by atoms with van der Waals surface area (Å²) in [5, 5.41) is 4.30. The smallest absolute Gasteiger partial charge is 0.257 e. The molecule has 6 nitrogen and oxygen atoms in total. The largest absolute Gasteiger partial charge is 0.385 e. The van der Waals surface area contributed by atoms with Gasteiger partial charge in [0.1, 0.15) is 5.82 Å². The molecule has 2 fully saturated rings. The quantitative estimate of drug-likeness (QED) is 0.701. The molecule has 1 atom stereocenters. The van der Waals surface area contributed by atoms with Gasteiger partial charge in [0.05, 0.1) is 5.41 Å². The number of benzene rings is 1. The number of carbonyl (C=O) groups excluding carboxylic acids is 1. The molecule has 4 rings (SSSR count). The van der Waals surface area contributed by atoms with Crippen LogP contribution in [-0.2, 0) is 14.9 Å². The first-order valence-electron chi connectivity index (χ1n) is 11.0. The minimum absolute atomic E-state index is 0.150. The number of hydrogen-bond donors (Lipinski definition) is 0. The van der Waals surface area contributed by atoms with Gasteiger partial charge < -0.3 is 14.2 Å². The Bertz CT molecular complexity index is 848. The Labute approximate surface area is 176 Å². The normalized spacial score (nSPS) is 22.9. The third kappa shape index (κ3) is 4.41. The highest BCUT2D eigenvalue weighted by molar-refractivity contribution is 5.79. The fraction of sp³-hybridized carbons (Fsp3) is 0.609. The van der Waals surface area contributed by atoms with Crippen LogP contribution < -0.4 is 0 Å². The summed E-state index contributed by atoms with van der Waals surface area (Å²) < 4.78 is 24.2. The number of aromatic nitrogens is 2. The van der Waals surface area contributed by atoms with E-state index in [2.05, 4.69) is 10.1 Å². The van der Waals surface area contributed by atoms with Crippen molar-refractivity contribution < 1.29 is 18.4 Å². The molecule has 2 aromatic rings. The van der Waals surface area contributed by atoms with Crippen molar-refractivity contribution in [3.63, 3.8) is 0 Å². The molecule has 0 spiro atoms. The summed E-state index contributed by atoms with van der Waals surface area (Å²) >= 11 is 0. The number of amides is 1. The van der Waals surface area contributed by atoms with E-state index in [1.807, 2.05) is 4.90 Å². The number of hydrogen-bond acceptors (Lipinski definition) is 5. The van der Waals surface area contributed by atoms with Crippen molar-refractivity contribution >= 4 is 5.91 Å². The number of nitrogens with zero attached hydrogens (tertiary/aromatic N) is 3. The summed E-state index contributed by atoms with van der Waals surface area (Å²) in [7, 11) is 1.68. The maximum Gasteiger partial charge on any atom is 0.257 e. The number of halogens is 1. The van der Waals surface area contributed by atoms with Crippen LogP contribution in [0.2, 0.25) is 0 Å². The fourth-order valence-corrected chi connectivity index (χ4v) is 4.87. The van der Waals surface area contributed by atoms with Gasteiger partial charge in [-0.05, 0) is 56.4 Å². The zero-order valence-corrected chi connectivity index (χ0v) is 17.6. The molecule has 162 valence electrons. The summed E-state index contributed by atoms with van der Waals surface area (Å²) in [6, 6.07) is 6.03. The summed E-state index contributed by atoms with van der Waals surface area (Å²) in [6.07, 6.45) is 8.03. The molecule has 0 bridgehead atoms. The Morgan fingerprint density at radius 2 is 2.00 bits per heavy atom. The van der Waals surface area contributed by atoms with Crippen LogP contribution >= 0.6 is 0 Å². The molecule has 1 saturated carbocycles. The molecule has 1 amide bonds. The molecular weight excluding hydrogens is 385 g/mol. The molecule has 0 N–H and O–H groups in total. The van der Waals surface area contributed by atoms with Crippen LogP contribution in [0, 0.1) is 11.7 Å². The van der Waals surface area contributed by atoms with Gasteiger partial charge in [0, 0.05) is 38.3 Å². The van der Waals surface area contributed by atoms with Gasteiger partial charge in [-0.1, -0.05) is 24.4 Å². The molecule has 2 heterocycles. The molecule has 30 heavy (non-hydrogen) atoms. The van der Waals surface area contributed by atoms with Crippen molar-refractivity contribution in [2.24, 2.45) is 5.92 Å². The molecule has 2 aliphatic rings. The molecule has 1 saturated heterocycles. The Balaban J connectivity index is 1.57. The summed E-state index contributed by atoms with van der Waals surface area (Å²) in [5.74, 6) is 1.10. The van der Waals surface area contributed by atoms with E-state index in [1.54, 1.807) is 19.2 Å². The van der Waals surface area contributed by atoms with E-state index >= 15 is 0 Å². The summed E-state index contributed by atoms with van der Waals surface area (Å²) in [6.45, 7) is 1.94. The number of piperidine rings is 1. The molecule has 1 aromatic carbocycles. The Morgan fingerprint density at radius 1 is 1.23 bits per heavy atom. The number of rotatable bonds is 6. The van der Waals surface area contributed by atoms with Gasteiger partial charge in [0.25, 0.3) is 5.89 Å². The number of ether oxygens (including phenoxy) is 1. The van der Waals surface area contributed by atoms with Crippen molar-refractivity contribution in [3.8, 4) is 11.5 Å². The van der Waals surface area contributed by atoms with Gasteiger partial charge in [-0.2, -0.15) is 4.98 Å². The average molecular weight is 416 g/mol. The van der Waals surface area contributed by atoms with Crippen LogP contribution in [0.25, 0.3) is 11.5 Å². The van der Waals surface area contributed by atoms with Crippen molar-refractivity contribution in [2.45, 2.75) is 56.8 Å². The third-order valence-electron chi connectivity index (χ3n) is 6.62. The van der Waals surface area contributed by atoms with Crippen molar-refractivity contribution in [1.29, 1.82) is 0 Å². The highest BCUT2D eigenvalue weighted by Gasteiger charge is 2.43. The highest BCUT2D eigenvalue weighted by Crippen LogP contribution is 2.38. The lowest BCUT2D eigenvalue weighted by molar-refractivity contribution is -0.139. The van der Waals surface area contributed by atoms with Crippen LogP contribution in [0.15, 0.2) is 28.8 Å². The predicted octanol–water partition coefficient (Wildman–Crippen LogP) is 4.35. The SMILES string of the molecule is COCCC1(c2noc(-c3ccc(F)cc3)n2)CCCN(C(=O)C2CCCCC2)C1. The zero-order chi connectivity index (χ0) is 21.0. The van der Waals surface area contributed by atoms with Crippen LogP contribution in [0.3, 0.4) is 0 Å². The van der Waals surface area contributed by atoms with Crippen molar-refractivity contribution in [1.82, 2.24) is 15.0 Å². The topological polar surface area (TPSA) is 68.5 Å². The highest BCUT2D eigenvalue weighted by atomic mass is 19.1. The first kappa shape index (κ1) is 21.0. The first-order valence-corrected chi connectivity index (χ1v) is 11.0. The standard InChI is InChI=1S/C23H30FN3O3/c1-29-15-13-23(22-25-20(30-26-22)17-8-10-19(24)11-9-17)12-5-14-27(16-23)21(28)18-6-3-2-4-7-18/h8-11,18H,2-7,12-16H2,1H3. The molecule has 1 unspecified atom stereocenters. The van der Waals surface area contributed by atoms with E-state index in [-0.39, 0.29) is 23.1 Å². The molecule has 1 aromatic heterocycles. The summed E-state index contributed by atoms with van der Waals surface area (Å²) in [4.78, 5) is 19.9. The second-order valence-corrected chi connectivity index (χ2v) is 8.65. The monoisotopic (exact) mass is 415 g/mol. The second-order valence-electron chi connectivity index (χ2n) is 8.65. The van der Waals surface area contributed by atoms with Crippen molar-refractivity contribution in [2.75, 3.05) is 26.8 Å². The number of carbonyl (C=O) groups is 1. The second kappa shape index (κ2) is 9.25. The lowest BCUT2D eigenvalue weighted by Gasteiger charge is -2.42. The third-order valence-corrected chi connectivity index (χ3v) is 6.62. The lowest BCUT2D eigenvalue weighted by Crippen LogP contribution is -2.51. The van der Waals surface area contributed by atoms with Gasteiger partial charge in [-0.15, -0.1) is 0 Å². The van der Waals surface area contributed by atoms with E-state index < -0.39 is 0 Å². The number of likely N-dealkylation sites (tertiary alicyclic amines) is 1. The molecule has 1 aliphatic carbocycles. The van der Waals surface area contributed by atoms with E-state index in [9.17, 15) is 9.18 Å². The van der Waals surface area contributed by atoms with Crippen LogP contribution in [0.4, 0.5) is 4.39 Å². The molecular formula is C23H30FN3O3. The fourth-order valence-electron chi connectivity index (χ4n) is 4.87. The van der Waals surface area contributed by atoms with E-state index in [4.69, 9.17) is 9.26 Å². The minimum Gasteiger partial charge on any atom is -0.385 e. The lowest BCUT2D eigenvalue weighted by atomic mass is 9.75. The maximum atomic E-state index is 13.3. The van der Waals surface area contributed by atoms with Crippen LogP contribution in [-0.4, -0.2) is 47.8 Å². The number of methoxy groups -OCH3 is 1. The Hall–Kier alpha value is -2.28. The first-order chi connectivity index (χ1) is 14.6. The Kier molecular flexibility index (Phi) is 6.46. The van der Waals surface area contributed by atoms with Crippen LogP contribution in [0.5, 0.6) is 0 Å². The van der Waals surface area contributed by atoms with E-state index in [1.165, 1.54) is 18.6 Å². The summed E-state index contributed by atoms with van der Waals surface area (Å²) in [5.41, 5.74) is 0.295. The predicted molar refractivity (Wildman–Crippen MR) is 110 cm³/mol. The van der Waals surface area contributed by atoms with Gasteiger partial charge >= 0.3 is 0 Å². The van der Waals surface area contributed by atoms with Gasteiger partial charge in [0.15, 0.2) is 5.82 Å². The van der Waals surface area contributed by atoms with Gasteiger partial charge in [-0.3, -0.25) is 4.79 Å². The van der Waals surface area contributed by atoms with Gasteiger partial charge in [-0.25, -0.2) is 4.39 Å². The average Bonchev–Trinajstić information content (AvgIpc) is 3.29. The molecule has 7 heteroatoms. The van der Waals surface area contributed by atoms with Gasteiger partial charge in [0.2, 0.25) is 5.91 Å². The molecule has 0 radical (unpaired) electrons. The van der Waals surface area contributed by atoms with Crippen LogP contribution in [0.1, 0.15) is 57.2 Å². The molecule has 1 aliphatic heterocycles. The van der Waals surface area contributed by atoms with E-state index in [0.29, 0.717) is 30.4 Å². The maximum absolute atomic E-state index is 13.3. The minimum atomic E-state index is -0.389. The van der Waals surface area contributed by atoms with Crippen molar-refractivity contribution in [3.05, 3.63) is 35.9 Å². The van der Waals surface area contributed by atoms with E-state index in [0.717, 1.165) is 51.5 Å². The zero-order valence-electron chi connectivity index (χ0n) is 17.6.